The molecule has 146 valence electrons. The third kappa shape index (κ3) is 3.07. The molecule has 3 aromatic rings. The minimum atomic E-state index is -0.602. The van der Waals surface area contributed by atoms with Gasteiger partial charge in [-0.25, -0.2) is 4.98 Å². The number of piperidine rings is 1. The molecule has 1 atom stereocenters. The second-order valence-electron chi connectivity index (χ2n) is 7.28. The first-order valence-electron chi connectivity index (χ1n) is 9.29. The van der Waals surface area contributed by atoms with Crippen LogP contribution >= 0.6 is 11.6 Å². The number of aromatic nitrogens is 1. The molecule has 3 heterocycles. The fourth-order valence-corrected chi connectivity index (χ4v) is 4.11. The van der Waals surface area contributed by atoms with Crippen LogP contribution in [0.3, 0.4) is 0 Å². The highest BCUT2D eigenvalue weighted by atomic mass is 35.5. The van der Waals surface area contributed by atoms with Crippen LogP contribution in [0.1, 0.15) is 46.1 Å². The summed E-state index contributed by atoms with van der Waals surface area (Å²) in [4.78, 5) is 42.5. The molecule has 0 aliphatic carbocycles. The summed E-state index contributed by atoms with van der Waals surface area (Å²) in [5.74, 6) is -1.17. The summed E-state index contributed by atoms with van der Waals surface area (Å²) in [6, 6.07) is 10.7. The topological polar surface area (TPSA) is 92.5 Å². The number of nitrogens with one attached hydrogen (secondary N) is 1. The van der Waals surface area contributed by atoms with E-state index in [0.717, 1.165) is 11.1 Å². The van der Waals surface area contributed by atoms with Crippen molar-refractivity contribution in [3.05, 3.63) is 64.0 Å². The molecule has 2 aliphatic rings. The van der Waals surface area contributed by atoms with Gasteiger partial charge in [0.2, 0.25) is 17.7 Å². The lowest BCUT2D eigenvalue weighted by atomic mass is 9.98. The van der Waals surface area contributed by atoms with Crippen LogP contribution in [-0.2, 0) is 22.7 Å². The van der Waals surface area contributed by atoms with Crippen LogP contribution < -0.4 is 5.32 Å². The standard InChI is InChI=1S/C21H16ClN3O4/c22-15-3-1-2-12-9-25(10-14(12)15)21(28)11-4-6-16-17(8-11)29-20(23-16)13-5-7-18(26)24-19(13)27/h1-4,6,8,13H,5,7,9-10H2,(H,24,26,27). The van der Waals surface area contributed by atoms with Crippen molar-refractivity contribution >= 4 is 40.4 Å². The zero-order valence-corrected chi connectivity index (χ0v) is 16.0. The van der Waals surface area contributed by atoms with Gasteiger partial charge in [-0.2, -0.15) is 0 Å². The molecule has 0 saturated carbocycles. The number of halogens is 1. The van der Waals surface area contributed by atoms with Crippen molar-refractivity contribution in [3.8, 4) is 0 Å². The number of carbonyl (C=O) groups excluding carboxylic acids is 3. The molecular formula is C21H16ClN3O4. The summed E-state index contributed by atoms with van der Waals surface area (Å²) < 4.78 is 5.77. The molecular weight excluding hydrogens is 394 g/mol. The molecule has 1 saturated heterocycles. The number of oxazole rings is 1. The van der Waals surface area contributed by atoms with E-state index in [1.165, 1.54) is 0 Å². The van der Waals surface area contributed by atoms with Gasteiger partial charge in [-0.1, -0.05) is 23.7 Å². The Bertz CT molecular complexity index is 1190. The summed E-state index contributed by atoms with van der Waals surface area (Å²) in [6.07, 6.45) is 0.604. The van der Waals surface area contributed by atoms with Crippen LogP contribution in [-0.4, -0.2) is 27.6 Å². The van der Waals surface area contributed by atoms with Crippen molar-refractivity contribution in [2.45, 2.75) is 31.8 Å². The lowest BCUT2D eigenvalue weighted by Crippen LogP contribution is -2.39. The molecule has 5 rings (SSSR count). The van der Waals surface area contributed by atoms with Gasteiger partial charge in [0, 0.05) is 30.1 Å². The van der Waals surface area contributed by atoms with E-state index in [9.17, 15) is 14.4 Å². The second-order valence-corrected chi connectivity index (χ2v) is 7.68. The minimum Gasteiger partial charge on any atom is -0.440 e. The Kier molecular flexibility index (Phi) is 4.13. The molecule has 2 aromatic carbocycles. The highest BCUT2D eigenvalue weighted by Crippen LogP contribution is 2.31. The van der Waals surface area contributed by atoms with Crippen molar-refractivity contribution in [1.82, 2.24) is 15.2 Å². The molecule has 7 nitrogen and oxygen atoms in total. The molecule has 1 unspecified atom stereocenters. The third-order valence-corrected chi connectivity index (χ3v) is 5.76. The van der Waals surface area contributed by atoms with E-state index in [-0.39, 0.29) is 24.1 Å². The SMILES string of the molecule is O=C1CCC(c2nc3ccc(C(=O)N4Cc5cccc(Cl)c5C4)cc3o2)C(=O)N1. The lowest BCUT2D eigenvalue weighted by Gasteiger charge is -2.17. The number of carbonyl (C=O) groups is 3. The van der Waals surface area contributed by atoms with Crippen molar-refractivity contribution in [1.29, 1.82) is 0 Å². The molecule has 3 amide bonds. The van der Waals surface area contributed by atoms with Gasteiger partial charge in [0.15, 0.2) is 5.58 Å². The normalized spacial score (nSPS) is 18.8. The van der Waals surface area contributed by atoms with E-state index >= 15 is 0 Å². The first-order valence-corrected chi connectivity index (χ1v) is 9.67. The summed E-state index contributed by atoms with van der Waals surface area (Å²) in [5.41, 5.74) is 3.50. The zero-order valence-electron chi connectivity index (χ0n) is 15.3. The molecule has 0 bridgehead atoms. The molecule has 8 heteroatoms. The highest BCUT2D eigenvalue weighted by molar-refractivity contribution is 6.31. The van der Waals surface area contributed by atoms with E-state index in [2.05, 4.69) is 10.3 Å². The number of imide groups is 1. The first-order chi connectivity index (χ1) is 14.0. The molecule has 1 fully saturated rings. The number of amides is 3. The van der Waals surface area contributed by atoms with E-state index in [4.69, 9.17) is 16.0 Å². The second kappa shape index (κ2) is 6.70. The van der Waals surface area contributed by atoms with Gasteiger partial charge in [-0.15, -0.1) is 0 Å². The van der Waals surface area contributed by atoms with E-state index in [1.807, 2.05) is 18.2 Å². The van der Waals surface area contributed by atoms with Crippen LogP contribution in [0.5, 0.6) is 0 Å². The maximum atomic E-state index is 13.0. The van der Waals surface area contributed by atoms with Gasteiger partial charge in [0.1, 0.15) is 11.4 Å². The highest BCUT2D eigenvalue weighted by Gasteiger charge is 2.32. The maximum absolute atomic E-state index is 13.0. The van der Waals surface area contributed by atoms with Gasteiger partial charge in [-0.3, -0.25) is 19.7 Å². The average Bonchev–Trinajstić information content (AvgIpc) is 3.31. The van der Waals surface area contributed by atoms with Crippen LogP contribution in [0.15, 0.2) is 40.8 Å². The van der Waals surface area contributed by atoms with Gasteiger partial charge in [0.25, 0.3) is 5.91 Å². The average molecular weight is 410 g/mol. The quantitative estimate of drug-likeness (QED) is 0.656. The largest absolute Gasteiger partial charge is 0.440 e. The summed E-state index contributed by atoms with van der Waals surface area (Å²) in [7, 11) is 0. The maximum Gasteiger partial charge on any atom is 0.254 e. The van der Waals surface area contributed by atoms with Gasteiger partial charge >= 0.3 is 0 Å². The Labute approximate surface area is 170 Å². The van der Waals surface area contributed by atoms with Gasteiger partial charge < -0.3 is 9.32 Å². The predicted molar refractivity (Wildman–Crippen MR) is 104 cm³/mol. The van der Waals surface area contributed by atoms with Crippen LogP contribution in [0, 0.1) is 0 Å². The van der Waals surface area contributed by atoms with Crippen LogP contribution in [0.4, 0.5) is 0 Å². The summed E-state index contributed by atoms with van der Waals surface area (Å²) in [6.45, 7) is 0.967. The van der Waals surface area contributed by atoms with E-state index in [1.54, 1.807) is 23.1 Å². The zero-order chi connectivity index (χ0) is 20.1. The Balaban J connectivity index is 1.40. The van der Waals surface area contributed by atoms with Crippen molar-refractivity contribution in [2.24, 2.45) is 0 Å². The Morgan fingerprint density at radius 3 is 2.86 bits per heavy atom. The Hall–Kier alpha value is -3.19. The van der Waals surface area contributed by atoms with Crippen molar-refractivity contribution in [2.75, 3.05) is 0 Å². The van der Waals surface area contributed by atoms with Gasteiger partial charge in [0.05, 0.1) is 0 Å². The first kappa shape index (κ1) is 17.9. The molecule has 1 N–H and O–H groups in total. The number of fused-ring (bicyclic) bond motifs is 2. The van der Waals surface area contributed by atoms with Gasteiger partial charge in [-0.05, 0) is 41.8 Å². The smallest absolute Gasteiger partial charge is 0.254 e. The number of benzene rings is 2. The van der Waals surface area contributed by atoms with E-state index in [0.29, 0.717) is 41.2 Å². The number of hydrogen-bond acceptors (Lipinski definition) is 5. The third-order valence-electron chi connectivity index (χ3n) is 5.40. The predicted octanol–water partition coefficient (Wildman–Crippen LogP) is 3.16. The number of nitrogens with zero attached hydrogens (tertiary/aromatic N) is 2. The molecule has 29 heavy (non-hydrogen) atoms. The summed E-state index contributed by atoms with van der Waals surface area (Å²) in [5, 5.41) is 2.97. The van der Waals surface area contributed by atoms with Crippen LogP contribution in [0.2, 0.25) is 5.02 Å². The van der Waals surface area contributed by atoms with Crippen molar-refractivity contribution < 1.29 is 18.8 Å². The molecule has 0 spiro atoms. The number of hydrogen-bond donors (Lipinski definition) is 1. The van der Waals surface area contributed by atoms with Crippen molar-refractivity contribution in [3.63, 3.8) is 0 Å². The van der Waals surface area contributed by atoms with E-state index < -0.39 is 11.8 Å². The lowest BCUT2D eigenvalue weighted by molar-refractivity contribution is -0.134. The molecule has 0 radical (unpaired) electrons. The summed E-state index contributed by atoms with van der Waals surface area (Å²) >= 11 is 6.25. The molecule has 1 aromatic heterocycles. The Morgan fingerprint density at radius 1 is 1.21 bits per heavy atom. The number of rotatable bonds is 2. The minimum absolute atomic E-state index is 0.127. The molecule has 2 aliphatic heterocycles. The van der Waals surface area contributed by atoms with Crippen LogP contribution in [0.25, 0.3) is 11.1 Å². The fourth-order valence-electron chi connectivity index (χ4n) is 3.86. The Morgan fingerprint density at radius 2 is 2.07 bits per heavy atom. The monoisotopic (exact) mass is 409 g/mol. The fraction of sp³-hybridized carbons (Fsp3) is 0.238.